The summed E-state index contributed by atoms with van der Waals surface area (Å²) in [6, 6.07) is 11.9. The molecule has 0 unspecified atom stereocenters. The van der Waals surface area contributed by atoms with Crippen LogP contribution in [0.4, 0.5) is 4.79 Å². The van der Waals surface area contributed by atoms with Crippen LogP contribution < -0.4 is 9.47 Å². The molecule has 3 N–H and O–H groups in total. The van der Waals surface area contributed by atoms with Gasteiger partial charge in [-0.2, -0.15) is 0 Å². The van der Waals surface area contributed by atoms with Gasteiger partial charge in [0.1, 0.15) is 35.2 Å². The lowest BCUT2D eigenvalue weighted by molar-refractivity contribution is -0.256. The van der Waals surface area contributed by atoms with E-state index in [2.05, 4.69) is 12.7 Å². The third-order valence-corrected chi connectivity index (χ3v) is 10.9. The van der Waals surface area contributed by atoms with Crippen molar-refractivity contribution in [3.8, 4) is 17.2 Å². The molecule has 5 rings (SSSR count). The highest BCUT2D eigenvalue weighted by Crippen LogP contribution is 2.62. The maximum atomic E-state index is 14.1. The number of fused-ring (bicyclic) bond motifs is 2. The fourth-order valence-electron chi connectivity index (χ4n) is 8.60. The molecule has 0 radical (unpaired) electrons. The first-order valence-electron chi connectivity index (χ1n) is 20.7. The van der Waals surface area contributed by atoms with Crippen LogP contribution in [0.5, 0.6) is 17.2 Å². The van der Waals surface area contributed by atoms with E-state index in [0.717, 1.165) is 43.1 Å². The summed E-state index contributed by atoms with van der Waals surface area (Å²) in [5, 5.41) is 34.1. The molecular formula is C45H62N2O11. The molecule has 318 valence electrons. The molecule has 2 aromatic carbocycles. The van der Waals surface area contributed by atoms with E-state index in [4.69, 9.17) is 33.7 Å². The van der Waals surface area contributed by atoms with Crippen molar-refractivity contribution < 1.29 is 53.4 Å². The minimum Gasteiger partial charge on any atom is -0.459 e. The van der Waals surface area contributed by atoms with Gasteiger partial charge in [0.25, 0.3) is 0 Å². The number of aliphatic hydroxyl groups is 3. The first-order valence-corrected chi connectivity index (χ1v) is 20.7. The van der Waals surface area contributed by atoms with Gasteiger partial charge in [-0.25, -0.2) is 4.79 Å². The van der Waals surface area contributed by atoms with Crippen molar-refractivity contribution in [1.82, 2.24) is 4.90 Å². The third kappa shape index (κ3) is 10.7. The molecule has 1 saturated carbocycles. The number of unbranched alkanes of at least 4 members (excludes halogenated alkanes) is 2. The molecule has 1 heterocycles. The number of rotatable bonds is 22. The zero-order valence-electron chi connectivity index (χ0n) is 34.5. The van der Waals surface area contributed by atoms with E-state index >= 15 is 0 Å². The molecule has 13 heteroatoms. The summed E-state index contributed by atoms with van der Waals surface area (Å²) in [5.41, 5.74) is 2.32. The Morgan fingerprint density at radius 1 is 1.02 bits per heavy atom. The molecule has 6 atom stereocenters. The van der Waals surface area contributed by atoms with Crippen LogP contribution >= 0.6 is 0 Å². The lowest BCUT2D eigenvalue weighted by atomic mass is 9.55. The van der Waals surface area contributed by atoms with Crippen LogP contribution in [-0.2, 0) is 19.0 Å². The van der Waals surface area contributed by atoms with E-state index in [-0.39, 0.29) is 77.0 Å². The number of carbonyl (C=O) groups excluding carboxylic acids is 2. The number of hydrogen-bond acceptors (Lipinski definition) is 12. The quantitative estimate of drug-likeness (QED) is 0.0477. The van der Waals surface area contributed by atoms with Gasteiger partial charge >= 0.3 is 6.09 Å². The van der Waals surface area contributed by atoms with E-state index in [1.807, 2.05) is 39.0 Å². The molecule has 2 aliphatic carbocycles. The first-order chi connectivity index (χ1) is 28.0. The van der Waals surface area contributed by atoms with Gasteiger partial charge in [-0.15, -0.1) is 6.58 Å². The van der Waals surface area contributed by atoms with Crippen molar-refractivity contribution in [2.45, 2.75) is 96.0 Å². The Balaban J connectivity index is 1.79. The summed E-state index contributed by atoms with van der Waals surface area (Å²) in [7, 11) is 0. The number of nitrogens with zero attached hydrogens (tertiary/aromatic N) is 2. The van der Waals surface area contributed by atoms with E-state index in [1.165, 1.54) is 0 Å². The normalized spacial score (nSPS) is 24.2. The van der Waals surface area contributed by atoms with Gasteiger partial charge in [0.15, 0.2) is 0 Å². The number of aldehydes is 1. The maximum absolute atomic E-state index is 14.1. The summed E-state index contributed by atoms with van der Waals surface area (Å²) >= 11 is 0. The Labute approximate surface area is 342 Å². The topological polar surface area (TPSA) is 166 Å². The summed E-state index contributed by atoms with van der Waals surface area (Å²) in [6.45, 7) is 12.1. The molecule has 0 aromatic heterocycles. The Morgan fingerprint density at radius 3 is 2.47 bits per heavy atom. The number of hydrogen-bond donors (Lipinski definition) is 3. The number of ether oxygens (including phenoxy) is 5. The number of oxime groups is 1. The molecular weight excluding hydrogens is 744 g/mol. The van der Waals surface area contributed by atoms with Gasteiger partial charge in [0.2, 0.25) is 5.79 Å². The van der Waals surface area contributed by atoms with Crippen molar-refractivity contribution in [3.05, 3.63) is 77.9 Å². The van der Waals surface area contributed by atoms with Crippen molar-refractivity contribution >= 4 is 18.1 Å². The smallest absolute Gasteiger partial charge is 0.410 e. The second-order valence-electron chi connectivity index (χ2n) is 16.0. The van der Waals surface area contributed by atoms with Crippen molar-refractivity contribution in [1.29, 1.82) is 0 Å². The summed E-state index contributed by atoms with van der Waals surface area (Å²) in [4.78, 5) is 33.5. The molecule has 1 amide bonds. The van der Waals surface area contributed by atoms with E-state index in [1.54, 1.807) is 42.2 Å². The van der Waals surface area contributed by atoms with Crippen LogP contribution in [0.3, 0.4) is 0 Å². The number of benzene rings is 2. The zero-order valence-corrected chi connectivity index (χ0v) is 34.5. The van der Waals surface area contributed by atoms with Crippen LogP contribution in [0.15, 0.2) is 71.9 Å². The van der Waals surface area contributed by atoms with E-state index in [9.17, 15) is 24.9 Å². The van der Waals surface area contributed by atoms with E-state index in [0.29, 0.717) is 41.4 Å². The highest BCUT2D eigenvalue weighted by Gasteiger charge is 2.65. The van der Waals surface area contributed by atoms with Gasteiger partial charge in [0, 0.05) is 43.2 Å². The highest BCUT2D eigenvalue weighted by atomic mass is 16.7. The molecule has 2 aromatic rings. The lowest BCUT2D eigenvalue weighted by Gasteiger charge is -2.59. The average molecular weight is 807 g/mol. The standard InChI is InChI=1S/C45H62N2O11/c1-6-23-55-45-40(47(43(52)54-7-2)19-24-53-25-22-50)29-38(46-58-44(3,4)5)36-27-32(14-8-10-20-48)35(16-9-11-21-49)41(42(36)45)37-28-34(17-18-39(37)57-45)56-33-15-12-13-31(26-33)30-51/h6,12-13,15,17-18,26-28,30,32,35,40-42,48-50H,1,7-11,14,16,19-25,29H2,2-5H3/t32-,35+,40-,41+,42+,45+/m0/s1. The minimum atomic E-state index is -1.48. The number of allylic oxidation sites excluding steroid dienone is 1. The molecule has 13 nitrogen and oxygen atoms in total. The van der Waals surface area contributed by atoms with Crippen molar-refractivity contribution in [2.75, 3.05) is 52.8 Å². The van der Waals surface area contributed by atoms with Gasteiger partial charge in [-0.3, -0.25) is 9.69 Å². The third-order valence-electron chi connectivity index (χ3n) is 10.9. The predicted octanol–water partition coefficient (Wildman–Crippen LogP) is 7.19. The fraction of sp³-hybridized carbons (Fsp3) is 0.578. The SMILES string of the molecule is C=CCO[C@@]12Oc3ccc(Oc4cccc(C=O)c4)cc3[C@H]3[C@H](CCCCO)[C@@H](CCCCO)C=C(C(=NOC(C)(C)C)C[C@@H]1N(CCOCCO)C(=O)OCC)[C@H]32. The van der Waals surface area contributed by atoms with Crippen molar-refractivity contribution in [3.63, 3.8) is 0 Å². The van der Waals surface area contributed by atoms with Crippen LogP contribution in [0.1, 0.15) is 94.5 Å². The predicted molar refractivity (Wildman–Crippen MR) is 219 cm³/mol. The van der Waals surface area contributed by atoms with Gasteiger partial charge in [-0.05, 0) is 101 Å². The minimum absolute atomic E-state index is 0.00876. The van der Waals surface area contributed by atoms with Crippen LogP contribution in [0.25, 0.3) is 0 Å². The molecule has 1 fully saturated rings. The Kier molecular flexibility index (Phi) is 16.3. The average Bonchev–Trinajstić information content (AvgIpc) is 3.20. The Hall–Kier alpha value is -4.27. The second kappa shape index (κ2) is 21.1. The van der Waals surface area contributed by atoms with E-state index < -0.39 is 29.4 Å². The summed E-state index contributed by atoms with van der Waals surface area (Å²) < 4.78 is 32.0. The number of aliphatic hydroxyl groups excluding tert-OH is 3. The Morgan fingerprint density at radius 2 is 1.78 bits per heavy atom. The maximum Gasteiger partial charge on any atom is 0.410 e. The number of amides is 1. The monoisotopic (exact) mass is 806 g/mol. The fourth-order valence-corrected chi connectivity index (χ4v) is 8.60. The van der Waals surface area contributed by atoms with Crippen LogP contribution in [0.2, 0.25) is 0 Å². The molecule has 0 bridgehead atoms. The zero-order chi connectivity index (χ0) is 41.7. The second-order valence-corrected chi connectivity index (χ2v) is 16.0. The first kappa shape index (κ1) is 44.8. The largest absolute Gasteiger partial charge is 0.459 e. The van der Waals surface area contributed by atoms with Crippen LogP contribution in [-0.4, -0.2) is 109 Å². The summed E-state index contributed by atoms with van der Waals surface area (Å²) in [6.07, 6.45) is 8.78. The van der Waals surface area contributed by atoms with Gasteiger partial charge in [-0.1, -0.05) is 42.3 Å². The molecule has 1 aliphatic heterocycles. The highest BCUT2D eigenvalue weighted by molar-refractivity contribution is 6.03. The number of carbonyl (C=O) groups is 2. The van der Waals surface area contributed by atoms with Crippen molar-refractivity contribution in [2.24, 2.45) is 22.9 Å². The molecule has 0 saturated heterocycles. The molecule has 3 aliphatic rings. The lowest BCUT2D eigenvalue weighted by Crippen LogP contribution is -2.70. The van der Waals surface area contributed by atoms with Gasteiger partial charge < -0.3 is 43.8 Å². The Bertz CT molecular complexity index is 1740. The summed E-state index contributed by atoms with van der Waals surface area (Å²) in [5.74, 6) is -0.592. The van der Waals surface area contributed by atoms with Gasteiger partial charge in [0.05, 0.1) is 44.7 Å². The molecule has 0 spiro atoms. The molecule has 58 heavy (non-hydrogen) atoms. The van der Waals surface area contributed by atoms with Crippen LogP contribution in [0, 0.1) is 17.8 Å².